The van der Waals surface area contributed by atoms with Gasteiger partial charge in [0.05, 0.1) is 12.7 Å². The molecule has 0 amide bonds. The molecular weight excluding hydrogens is 164 g/mol. The maximum atomic E-state index is 9.59. The van der Waals surface area contributed by atoms with E-state index < -0.39 is 0 Å². The van der Waals surface area contributed by atoms with E-state index in [0.29, 0.717) is 12.7 Å². The van der Waals surface area contributed by atoms with Gasteiger partial charge in [0.25, 0.3) is 0 Å². The Labute approximate surface area is 79.3 Å². The zero-order chi connectivity index (χ0) is 8.89. The summed E-state index contributed by atoms with van der Waals surface area (Å²) in [5.41, 5.74) is 0.182. The van der Waals surface area contributed by atoms with Crippen LogP contribution in [0.4, 0.5) is 0 Å². The van der Waals surface area contributed by atoms with E-state index in [-0.39, 0.29) is 5.41 Å². The van der Waals surface area contributed by atoms with Gasteiger partial charge in [-0.1, -0.05) is 0 Å². The number of ether oxygens (including phenoxy) is 1. The minimum absolute atomic E-state index is 0.182. The average molecular weight is 182 g/mol. The summed E-state index contributed by atoms with van der Waals surface area (Å²) in [6.07, 6.45) is 6.83. The molecule has 3 fully saturated rings. The van der Waals surface area contributed by atoms with Crippen LogP contribution in [0.1, 0.15) is 32.1 Å². The van der Waals surface area contributed by atoms with Crippen LogP contribution in [0.5, 0.6) is 0 Å². The Kier molecular flexibility index (Phi) is 1.72. The van der Waals surface area contributed by atoms with Crippen molar-refractivity contribution in [1.29, 1.82) is 0 Å². The van der Waals surface area contributed by atoms with Crippen molar-refractivity contribution in [3.63, 3.8) is 0 Å². The number of hydrogen-bond donors (Lipinski definition) is 1. The molecule has 0 aromatic carbocycles. The second kappa shape index (κ2) is 2.71. The molecule has 2 saturated carbocycles. The van der Waals surface area contributed by atoms with Crippen LogP contribution in [-0.4, -0.2) is 24.4 Å². The molecule has 0 bridgehead atoms. The average Bonchev–Trinajstić information content (AvgIpc) is 3.03. The summed E-state index contributed by atoms with van der Waals surface area (Å²) in [5, 5.41) is 9.59. The summed E-state index contributed by atoms with van der Waals surface area (Å²) < 4.78 is 5.83. The van der Waals surface area contributed by atoms with Gasteiger partial charge in [-0.15, -0.1) is 0 Å². The molecule has 1 saturated heterocycles. The zero-order valence-electron chi connectivity index (χ0n) is 8.04. The molecule has 0 aromatic rings. The summed E-state index contributed by atoms with van der Waals surface area (Å²) in [6.45, 7) is 1.25. The van der Waals surface area contributed by atoms with Gasteiger partial charge in [0, 0.05) is 12.0 Å². The van der Waals surface area contributed by atoms with Gasteiger partial charge in [0.15, 0.2) is 0 Å². The van der Waals surface area contributed by atoms with Crippen molar-refractivity contribution >= 4 is 0 Å². The van der Waals surface area contributed by atoms with Crippen molar-refractivity contribution in [3.05, 3.63) is 0 Å². The largest absolute Gasteiger partial charge is 0.396 e. The maximum Gasteiger partial charge on any atom is 0.0684 e. The van der Waals surface area contributed by atoms with Crippen LogP contribution in [0, 0.1) is 17.3 Å². The van der Waals surface area contributed by atoms with Crippen molar-refractivity contribution < 1.29 is 9.84 Å². The van der Waals surface area contributed by atoms with E-state index in [1.165, 1.54) is 25.7 Å². The van der Waals surface area contributed by atoms with Crippen LogP contribution in [0.25, 0.3) is 0 Å². The molecule has 2 heteroatoms. The molecule has 2 nitrogen and oxygen atoms in total. The molecule has 3 rings (SSSR count). The second-order valence-corrected chi connectivity index (χ2v) is 5.04. The van der Waals surface area contributed by atoms with E-state index in [9.17, 15) is 5.11 Å². The summed E-state index contributed by atoms with van der Waals surface area (Å²) in [7, 11) is 0. The molecule has 2 atom stereocenters. The Morgan fingerprint density at radius 2 is 2.00 bits per heavy atom. The molecule has 1 N–H and O–H groups in total. The fourth-order valence-electron chi connectivity index (χ4n) is 3.08. The minimum Gasteiger partial charge on any atom is -0.396 e. The highest BCUT2D eigenvalue weighted by Gasteiger charge is 2.57. The van der Waals surface area contributed by atoms with Crippen LogP contribution in [0.2, 0.25) is 0 Å². The summed E-state index contributed by atoms with van der Waals surface area (Å²) in [5.74, 6) is 1.57. The Bertz CT molecular complexity index is 208. The standard InChI is InChI=1S/C11H18O2/c12-7-11(9-3-4-9)5-6-13-10(11)8-1-2-8/h8-10,12H,1-7H2. The lowest BCUT2D eigenvalue weighted by Crippen LogP contribution is -2.38. The van der Waals surface area contributed by atoms with Gasteiger partial charge in [-0.3, -0.25) is 0 Å². The van der Waals surface area contributed by atoms with Crippen LogP contribution >= 0.6 is 0 Å². The van der Waals surface area contributed by atoms with Gasteiger partial charge in [0.1, 0.15) is 0 Å². The van der Waals surface area contributed by atoms with Crippen LogP contribution in [-0.2, 0) is 4.74 Å². The summed E-state index contributed by atoms with van der Waals surface area (Å²) in [6, 6.07) is 0. The summed E-state index contributed by atoms with van der Waals surface area (Å²) >= 11 is 0. The Hall–Kier alpha value is -0.0800. The Balaban J connectivity index is 1.83. The first-order chi connectivity index (χ1) is 6.37. The van der Waals surface area contributed by atoms with Gasteiger partial charge < -0.3 is 9.84 Å². The van der Waals surface area contributed by atoms with Crippen molar-refractivity contribution in [2.75, 3.05) is 13.2 Å². The molecule has 3 aliphatic rings. The first-order valence-corrected chi connectivity index (χ1v) is 5.59. The van der Waals surface area contributed by atoms with Crippen molar-refractivity contribution in [3.8, 4) is 0 Å². The lowest BCUT2D eigenvalue weighted by atomic mass is 9.75. The third-order valence-electron chi connectivity index (χ3n) is 4.17. The van der Waals surface area contributed by atoms with E-state index in [4.69, 9.17) is 4.74 Å². The van der Waals surface area contributed by atoms with E-state index in [2.05, 4.69) is 0 Å². The predicted molar refractivity (Wildman–Crippen MR) is 49.3 cm³/mol. The third kappa shape index (κ3) is 1.15. The monoisotopic (exact) mass is 182 g/mol. The van der Waals surface area contributed by atoms with Gasteiger partial charge >= 0.3 is 0 Å². The molecular formula is C11H18O2. The van der Waals surface area contributed by atoms with Crippen LogP contribution in [0.3, 0.4) is 0 Å². The van der Waals surface area contributed by atoms with E-state index in [0.717, 1.165) is 24.9 Å². The lowest BCUT2D eigenvalue weighted by molar-refractivity contribution is -0.0122. The SMILES string of the molecule is OCC1(C2CC2)CCOC1C1CC1. The predicted octanol–water partition coefficient (Wildman–Crippen LogP) is 1.57. The normalized spacial score (nSPS) is 45.5. The molecule has 1 heterocycles. The van der Waals surface area contributed by atoms with E-state index in [1.807, 2.05) is 0 Å². The zero-order valence-corrected chi connectivity index (χ0v) is 8.04. The molecule has 74 valence electrons. The molecule has 2 aliphatic carbocycles. The molecule has 0 aromatic heterocycles. The number of hydrogen-bond acceptors (Lipinski definition) is 2. The first-order valence-electron chi connectivity index (χ1n) is 5.59. The maximum absolute atomic E-state index is 9.59. The lowest BCUT2D eigenvalue weighted by Gasteiger charge is -2.32. The number of rotatable bonds is 3. The molecule has 0 radical (unpaired) electrons. The molecule has 13 heavy (non-hydrogen) atoms. The highest BCUT2D eigenvalue weighted by atomic mass is 16.5. The quantitative estimate of drug-likeness (QED) is 0.718. The molecule has 0 spiro atoms. The molecule has 2 unspecified atom stereocenters. The Morgan fingerprint density at radius 3 is 2.54 bits per heavy atom. The van der Waals surface area contributed by atoms with Gasteiger partial charge in [-0.2, -0.15) is 0 Å². The van der Waals surface area contributed by atoms with Gasteiger partial charge in [0.2, 0.25) is 0 Å². The molecule has 1 aliphatic heterocycles. The van der Waals surface area contributed by atoms with Crippen molar-refractivity contribution in [2.24, 2.45) is 17.3 Å². The smallest absolute Gasteiger partial charge is 0.0684 e. The second-order valence-electron chi connectivity index (χ2n) is 5.04. The first kappa shape index (κ1) is 8.25. The van der Waals surface area contributed by atoms with E-state index >= 15 is 0 Å². The third-order valence-corrected chi connectivity index (χ3v) is 4.17. The van der Waals surface area contributed by atoms with E-state index in [1.54, 1.807) is 0 Å². The minimum atomic E-state index is 0.182. The fraction of sp³-hybridized carbons (Fsp3) is 1.00. The van der Waals surface area contributed by atoms with Gasteiger partial charge in [-0.05, 0) is 43.9 Å². The van der Waals surface area contributed by atoms with Crippen LogP contribution in [0.15, 0.2) is 0 Å². The topological polar surface area (TPSA) is 29.5 Å². The highest BCUT2D eigenvalue weighted by molar-refractivity contribution is 5.06. The Morgan fingerprint density at radius 1 is 1.23 bits per heavy atom. The fourth-order valence-corrected chi connectivity index (χ4v) is 3.08. The number of aliphatic hydroxyl groups excluding tert-OH is 1. The van der Waals surface area contributed by atoms with Crippen molar-refractivity contribution in [2.45, 2.75) is 38.2 Å². The van der Waals surface area contributed by atoms with Crippen molar-refractivity contribution in [1.82, 2.24) is 0 Å². The van der Waals surface area contributed by atoms with Crippen LogP contribution < -0.4 is 0 Å². The summed E-state index contributed by atoms with van der Waals surface area (Å²) in [4.78, 5) is 0. The number of aliphatic hydroxyl groups is 1. The highest BCUT2D eigenvalue weighted by Crippen LogP contribution is 2.58. The van der Waals surface area contributed by atoms with Gasteiger partial charge in [-0.25, -0.2) is 0 Å².